The number of piperidine rings is 1. The molecule has 2 N–H and O–H groups in total. The van der Waals surface area contributed by atoms with Gasteiger partial charge in [-0.25, -0.2) is 19.9 Å². The molecule has 0 bridgehead atoms. The first-order chi connectivity index (χ1) is 12.2. The molecule has 0 unspecified atom stereocenters. The minimum absolute atomic E-state index is 0.00212. The highest BCUT2D eigenvalue weighted by molar-refractivity contribution is 5.92. The van der Waals surface area contributed by atoms with Crippen molar-refractivity contribution in [3.8, 4) is 0 Å². The Labute approximate surface area is 144 Å². The van der Waals surface area contributed by atoms with Gasteiger partial charge >= 0.3 is 0 Å². The first-order valence-corrected chi connectivity index (χ1v) is 8.34. The summed E-state index contributed by atoms with van der Waals surface area (Å²) in [6.45, 7) is 3.38. The number of pyridine rings is 1. The summed E-state index contributed by atoms with van der Waals surface area (Å²) in [7, 11) is 0. The number of aromatic nitrogens is 5. The van der Waals surface area contributed by atoms with E-state index in [-0.39, 0.29) is 11.8 Å². The van der Waals surface area contributed by atoms with Crippen LogP contribution in [0.5, 0.6) is 0 Å². The molecule has 0 radical (unpaired) electrons. The molecule has 0 aliphatic carbocycles. The van der Waals surface area contributed by atoms with E-state index < -0.39 is 0 Å². The first-order valence-electron chi connectivity index (χ1n) is 8.34. The lowest BCUT2D eigenvalue weighted by molar-refractivity contribution is -0.120. The highest BCUT2D eigenvalue weighted by atomic mass is 16.2. The van der Waals surface area contributed by atoms with Crippen LogP contribution in [-0.4, -0.2) is 43.9 Å². The van der Waals surface area contributed by atoms with E-state index in [2.05, 4.69) is 35.1 Å². The van der Waals surface area contributed by atoms with Crippen LogP contribution in [0.15, 0.2) is 30.9 Å². The smallest absolute Gasteiger partial charge is 0.230 e. The van der Waals surface area contributed by atoms with Crippen LogP contribution in [-0.2, 0) is 4.79 Å². The minimum Gasteiger partial charge on any atom is -0.354 e. The SMILES string of the molecule is Cc1cccc(NC(=O)[C@H]2CCCN(c3ncnc4nc[nH]c34)C2)n1. The van der Waals surface area contributed by atoms with Gasteiger partial charge in [-0.15, -0.1) is 0 Å². The van der Waals surface area contributed by atoms with Gasteiger partial charge in [0.15, 0.2) is 11.5 Å². The molecule has 8 nitrogen and oxygen atoms in total. The van der Waals surface area contributed by atoms with Gasteiger partial charge in [0, 0.05) is 18.8 Å². The van der Waals surface area contributed by atoms with Crippen LogP contribution in [0, 0.1) is 12.8 Å². The van der Waals surface area contributed by atoms with Gasteiger partial charge in [0.1, 0.15) is 17.7 Å². The number of imidazole rings is 1. The van der Waals surface area contributed by atoms with Crippen molar-refractivity contribution in [3.05, 3.63) is 36.5 Å². The summed E-state index contributed by atoms with van der Waals surface area (Å²) >= 11 is 0. The van der Waals surface area contributed by atoms with E-state index in [9.17, 15) is 4.79 Å². The van der Waals surface area contributed by atoms with Crippen LogP contribution in [0.2, 0.25) is 0 Å². The van der Waals surface area contributed by atoms with Gasteiger partial charge in [-0.2, -0.15) is 0 Å². The highest BCUT2D eigenvalue weighted by Gasteiger charge is 2.28. The van der Waals surface area contributed by atoms with Gasteiger partial charge in [0.2, 0.25) is 5.91 Å². The Morgan fingerprint density at radius 2 is 2.24 bits per heavy atom. The number of nitrogens with one attached hydrogen (secondary N) is 2. The van der Waals surface area contributed by atoms with Crippen molar-refractivity contribution in [1.82, 2.24) is 24.9 Å². The molecular weight excluding hydrogens is 318 g/mol. The highest BCUT2D eigenvalue weighted by Crippen LogP contribution is 2.26. The maximum atomic E-state index is 12.6. The lowest BCUT2D eigenvalue weighted by atomic mass is 9.97. The van der Waals surface area contributed by atoms with Crippen LogP contribution in [0.1, 0.15) is 18.5 Å². The summed E-state index contributed by atoms with van der Waals surface area (Å²) < 4.78 is 0. The maximum Gasteiger partial charge on any atom is 0.230 e. The molecule has 1 aliphatic heterocycles. The molecule has 3 aromatic rings. The number of hydrogen-bond acceptors (Lipinski definition) is 6. The number of hydrogen-bond donors (Lipinski definition) is 2. The number of amides is 1. The second-order valence-electron chi connectivity index (χ2n) is 6.24. The quantitative estimate of drug-likeness (QED) is 0.757. The van der Waals surface area contributed by atoms with Gasteiger partial charge in [0.25, 0.3) is 0 Å². The van der Waals surface area contributed by atoms with E-state index in [4.69, 9.17) is 0 Å². The number of aromatic amines is 1. The van der Waals surface area contributed by atoms with Crippen molar-refractivity contribution < 1.29 is 4.79 Å². The number of aryl methyl sites for hydroxylation is 1. The van der Waals surface area contributed by atoms with Crippen molar-refractivity contribution in [1.29, 1.82) is 0 Å². The third kappa shape index (κ3) is 3.15. The Hall–Kier alpha value is -3.03. The summed E-state index contributed by atoms with van der Waals surface area (Å²) in [6, 6.07) is 5.60. The van der Waals surface area contributed by atoms with Crippen LogP contribution in [0.3, 0.4) is 0 Å². The molecule has 3 aromatic heterocycles. The third-order valence-electron chi connectivity index (χ3n) is 4.43. The molecule has 8 heteroatoms. The predicted octanol–water partition coefficient (Wildman–Crippen LogP) is 1.91. The Kier molecular flexibility index (Phi) is 4.01. The fourth-order valence-electron chi connectivity index (χ4n) is 3.22. The molecule has 4 heterocycles. The predicted molar refractivity (Wildman–Crippen MR) is 94.2 cm³/mol. The molecule has 1 atom stereocenters. The van der Waals surface area contributed by atoms with E-state index in [1.54, 1.807) is 6.33 Å². The molecule has 4 rings (SSSR count). The summed E-state index contributed by atoms with van der Waals surface area (Å²) in [4.78, 5) is 34.9. The van der Waals surface area contributed by atoms with Gasteiger partial charge in [-0.1, -0.05) is 6.07 Å². The third-order valence-corrected chi connectivity index (χ3v) is 4.43. The number of carbonyl (C=O) groups is 1. The number of anilines is 2. The fraction of sp³-hybridized carbons (Fsp3) is 0.353. The molecule has 1 aliphatic rings. The molecule has 1 fully saturated rings. The zero-order chi connectivity index (χ0) is 17.2. The number of carbonyl (C=O) groups excluding carboxylic acids is 1. The summed E-state index contributed by atoms with van der Waals surface area (Å²) in [5.74, 6) is 1.29. The zero-order valence-corrected chi connectivity index (χ0v) is 13.9. The summed E-state index contributed by atoms with van der Waals surface area (Å²) in [6.07, 6.45) is 4.91. The largest absolute Gasteiger partial charge is 0.354 e. The number of H-pyrrole nitrogens is 1. The molecule has 1 saturated heterocycles. The van der Waals surface area contributed by atoms with Crippen molar-refractivity contribution in [3.63, 3.8) is 0 Å². The van der Waals surface area contributed by atoms with Crippen molar-refractivity contribution in [2.75, 3.05) is 23.3 Å². The monoisotopic (exact) mass is 337 g/mol. The number of fused-ring (bicyclic) bond motifs is 1. The second kappa shape index (κ2) is 6.46. The summed E-state index contributed by atoms with van der Waals surface area (Å²) in [5, 5.41) is 2.93. The molecule has 0 spiro atoms. The normalized spacial score (nSPS) is 17.6. The Balaban J connectivity index is 1.51. The lowest BCUT2D eigenvalue weighted by Gasteiger charge is -2.32. The summed E-state index contributed by atoms with van der Waals surface area (Å²) in [5.41, 5.74) is 2.33. The Morgan fingerprint density at radius 1 is 1.32 bits per heavy atom. The van der Waals surface area contributed by atoms with Crippen LogP contribution < -0.4 is 10.2 Å². The van der Waals surface area contributed by atoms with Crippen molar-refractivity contribution in [2.45, 2.75) is 19.8 Å². The average Bonchev–Trinajstić information content (AvgIpc) is 3.10. The topological polar surface area (TPSA) is 99.7 Å². The van der Waals surface area contributed by atoms with Crippen molar-refractivity contribution in [2.24, 2.45) is 5.92 Å². The zero-order valence-electron chi connectivity index (χ0n) is 13.9. The average molecular weight is 337 g/mol. The molecule has 0 aromatic carbocycles. The standard InChI is InChI=1S/C17H19N7O/c1-11-4-2-6-13(22-11)23-17(25)12-5-3-7-24(8-12)16-14-15(19-9-18-14)20-10-21-16/h2,4,6,9-10,12H,3,5,7-8H2,1H3,(H,22,23,25)(H,18,19,20,21)/t12-/m0/s1. The first kappa shape index (κ1) is 15.5. The number of rotatable bonds is 3. The Bertz CT molecular complexity index is 907. The van der Waals surface area contributed by atoms with Crippen LogP contribution in [0.25, 0.3) is 11.2 Å². The van der Waals surface area contributed by atoms with Gasteiger partial charge in [-0.3, -0.25) is 4.79 Å². The van der Waals surface area contributed by atoms with E-state index in [1.807, 2.05) is 25.1 Å². The Morgan fingerprint density at radius 3 is 3.12 bits per heavy atom. The molecule has 25 heavy (non-hydrogen) atoms. The van der Waals surface area contributed by atoms with Crippen LogP contribution in [0.4, 0.5) is 11.6 Å². The van der Waals surface area contributed by atoms with E-state index in [0.717, 1.165) is 36.4 Å². The minimum atomic E-state index is -0.107. The van der Waals surface area contributed by atoms with Gasteiger partial charge in [-0.05, 0) is 31.9 Å². The van der Waals surface area contributed by atoms with E-state index in [0.29, 0.717) is 18.0 Å². The van der Waals surface area contributed by atoms with E-state index in [1.165, 1.54) is 6.33 Å². The molecule has 0 saturated carbocycles. The molecular formula is C17H19N7O. The fourth-order valence-corrected chi connectivity index (χ4v) is 3.22. The van der Waals surface area contributed by atoms with Gasteiger partial charge in [0.05, 0.1) is 12.2 Å². The number of nitrogens with zero attached hydrogens (tertiary/aromatic N) is 5. The van der Waals surface area contributed by atoms with Gasteiger partial charge < -0.3 is 15.2 Å². The lowest BCUT2D eigenvalue weighted by Crippen LogP contribution is -2.41. The molecule has 1 amide bonds. The molecule has 128 valence electrons. The van der Waals surface area contributed by atoms with E-state index >= 15 is 0 Å². The van der Waals surface area contributed by atoms with Crippen molar-refractivity contribution >= 4 is 28.7 Å². The van der Waals surface area contributed by atoms with Crippen LogP contribution >= 0.6 is 0 Å². The maximum absolute atomic E-state index is 12.6. The second-order valence-corrected chi connectivity index (χ2v) is 6.24.